The van der Waals surface area contributed by atoms with Crippen molar-refractivity contribution in [3.8, 4) is 0 Å². The fourth-order valence-corrected chi connectivity index (χ4v) is 1.89. The normalized spacial score (nSPS) is 11.8. The smallest absolute Gasteiger partial charge is 0.236 e. The lowest BCUT2D eigenvalue weighted by atomic mass is 10.8. The second kappa shape index (κ2) is 3.20. The average Bonchev–Trinajstić information content (AvgIpc) is 2.35. The third-order valence-corrected chi connectivity index (χ3v) is 2.87. The molecule has 0 saturated carbocycles. The minimum absolute atomic E-state index is 0.0735. The Kier molecular flexibility index (Phi) is 2.43. The third kappa shape index (κ3) is 1.62. The molecule has 12 heavy (non-hydrogen) atoms. The van der Waals surface area contributed by atoms with Gasteiger partial charge in [-0.1, -0.05) is 12.1 Å². The van der Waals surface area contributed by atoms with Crippen molar-refractivity contribution in [3.63, 3.8) is 0 Å². The highest BCUT2D eigenvalue weighted by atomic mass is 32.2. The molecule has 1 rings (SSSR count). The first-order valence-corrected chi connectivity index (χ1v) is 4.90. The molecule has 0 fully saturated rings. The van der Waals surface area contributed by atoms with Crippen molar-refractivity contribution in [3.05, 3.63) is 6.20 Å². The second-order valence-corrected chi connectivity index (χ2v) is 3.91. The number of rotatable bonds is 3. The maximum atomic E-state index is 11.3. The molecule has 0 saturated heterocycles. The molecular formula is C5H10N4O2S. The van der Waals surface area contributed by atoms with Crippen LogP contribution in [0, 0.1) is 0 Å². The first-order chi connectivity index (χ1) is 5.58. The summed E-state index contributed by atoms with van der Waals surface area (Å²) in [5.74, 6) is 0. The predicted octanol–water partition coefficient (Wildman–Crippen LogP) is -0.887. The molecule has 0 bridgehead atoms. The molecule has 0 aliphatic carbocycles. The van der Waals surface area contributed by atoms with E-state index in [9.17, 15) is 8.42 Å². The number of nitrogens with one attached hydrogen (secondary N) is 1. The Morgan fingerprint density at radius 1 is 1.67 bits per heavy atom. The van der Waals surface area contributed by atoms with Gasteiger partial charge in [-0.05, 0) is 0 Å². The van der Waals surface area contributed by atoms with Gasteiger partial charge in [0, 0.05) is 13.6 Å². The van der Waals surface area contributed by atoms with E-state index < -0.39 is 10.0 Å². The van der Waals surface area contributed by atoms with Gasteiger partial charge in [-0.15, -0.1) is 5.10 Å². The van der Waals surface area contributed by atoms with Crippen LogP contribution >= 0.6 is 0 Å². The summed E-state index contributed by atoms with van der Waals surface area (Å²) < 4.78 is 26.1. The van der Waals surface area contributed by atoms with Crippen LogP contribution in [0.2, 0.25) is 0 Å². The van der Waals surface area contributed by atoms with Crippen LogP contribution in [0.25, 0.3) is 0 Å². The first-order valence-electron chi connectivity index (χ1n) is 3.42. The van der Waals surface area contributed by atoms with Crippen LogP contribution in [0.4, 0.5) is 0 Å². The summed E-state index contributed by atoms with van der Waals surface area (Å²) in [6.07, 6.45) is 1.21. The van der Waals surface area contributed by atoms with Crippen molar-refractivity contribution in [2.24, 2.45) is 7.05 Å². The van der Waals surface area contributed by atoms with E-state index in [-0.39, 0.29) is 5.03 Å². The third-order valence-electron chi connectivity index (χ3n) is 1.28. The number of nitrogens with zero attached hydrogens (tertiary/aromatic N) is 3. The Balaban J connectivity index is 3.06. The van der Waals surface area contributed by atoms with E-state index in [4.69, 9.17) is 0 Å². The molecule has 0 aliphatic rings. The lowest BCUT2D eigenvalue weighted by Gasteiger charge is -2.01. The Hall–Kier alpha value is -0.950. The molecule has 0 unspecified atom stereocenters. The van der Waals surface area contributed by atoms with E-state index >= 15 is 0 Å². The molecule has 0 aromatic carbocycles. The van der Waals surface area contributed by atoms with Gasteiger partial charge < -0.3 is 0 Å². The summed E-state index contributed by atoms with van der Waals surface area (Å²) >= 11 is 0. The van der Waals surface area contributed by atoms with E-state index in [1.54, 1.807) is 6.92 Å². The molecule has 0 atom stereocenters. The van der Waals surface area contributed by atoms with Crippen LogP contribution < -0.4 is 4.72 Å². The zero-order chi connectivity index (χ0) is 9.19. The average molecular weight is 190 g/mol. The van der Waals surface area contributed by atoms with E-state index in [0.717, 1.165) is 0 Å². The minimum Gasteiger partial charge on any atom is -0.236 e. The van der Waals surface area contributed by atoms with Crippen LogP contribution in [0.3, 0.4) is 0 Å². The maximum Gasteiger partial charge on any atom is 0.259 e. The molecule has 1 N–H and O–H groups in total. The molecule has 6 nitrogen and oxygen atoms in total. The van der Waals surface area contributed by atoms with Crippen molar-refractivity contribution in [1.29, 1.82) is 0 Å². The van der Waals surface area contributed by atoms with E-state index in [2.05, 4.69) is 15.0 Å². The van der Waals surface area contributed by atoms with Gasteiger partial charge in [0.05, 0.1) is 6.20 Å². The molecule has 7 heteroatoms. The van der Waals surface area contributed by atoms with Gasteiger partial charge in [-0.2, -0.15) is 0 Å². The van der Waals surface area contributed by atoms with Crippen LogP contribution in [0.15, 0.2) is 11.2 Å². The lowest BCUT2D eigenvalue weighted by Crippen LogP contribution is -2.25. The number of aryl methyl sites for hydroxylation is 1. The Labute approximate surface area is 70.6 Å². The zero-order valence-corrected chi connectivity index (χ0v) is 7.67. The van der Waals surface area contributed by atoms with Gasteiger partial charge in [0.2, 0.25) is 0 Å². The van der Waals surface area contributed by atoms with Crippen molar-refractivity contribution in [2.45, 2.75) is 11.9 Å². The van der Waals surface area contributed by atoms with Gasteiger partial charge in [-0.25, -0.2) is 17.8 Å². The van der Waals surface area contributed by atoms with E-state index in [1.807, 2.05) is 0 Å². The first kappa shape index (κ1) is 9.14. The van der Waals surface area contributed by atoms with Gasteiger partial charge in [0.1, 0.15) is 0 Å². The number of hydrogen-bond acceptors (Lipinski definition) is 4. The molecule has 0 amide bonds. The van der Waals surface area contributed by atoms with Gasteiger partial charge in [0.25, 0.3) is 10.0 Å². The van der Waals surface area contributed by atoms with Gasteiger partial charge >= 0.3 is 0 Å². The van der Waals surface area contributed by atoms with Gasteiger partial charge in [0.15, 0.2) is 5.03 Å². The van der Waals surface area contributed by atoms with Crippen LogP contribution in [0.1, 0.15) is 6.92 Å². The van der Waals surface area contributed by atoms with E-state index in [0.29, 0.717) is 6.54 Å². The van der Waals surface area contributed by atoms with Crippen molar-refractivity contribution < 1.29 is 8.42 Å². The number of aromatic nitrogens is 3. The zero-order valence-electron chi connectivity index (χ0n) is 6.85. The highest BCUT2D eigenvalue weighted by molar-refractivity contribution is 7.89. The predicted molar refractivity (Wildman–Crippen MR) is 41.9 cm³/mol. The second-order valence-electron chi connectivity index (χ2n) is 2.20. The number of sulfonamides is 1. The molecule has 68 valence electrons. The molecule has 0 aliphatic heterocycles. The fraction of sp³-hybridized carbons (Fsp3) is 0.600. The summed E-state index contributed by atoms with van der Waals surface area (Å²) in [5, 5.41) is 7.05. The lowest BCUT2D eigenvalue weighted by molar-refractivity contribution is 0.563. The van der Waals surface area contributed by atoms with Crippen molar-refractivity contribution in [1.82, 2.24) is 19.7 Å². The Morgan fingerprint density at radius 2 is 2.33 bits per heavy atom. The van der Waals surface area contributed by atoms with E-state index in [1.165, 1.54) is 17.9 Å². The maximum absolute atomic E-state index is 11.3. The molecule has 1 aromatic rings. The SMILES string of the molecule is CCNS(=O)(=O)c1cnnn1C. The van der Waals surface area contributed by atoms with Gasteiger partial charge in [-0.3, -0.25) is 0 Å². The monoisotopic (exact) mass is 190 g/mol. The minimum atomic E-state index is -3.41. The van der Waals surface area contributed by atoms with Crippen molar-refractivity contribution in [2.75, 3.05) is 6.54 Å². The number of hydrogen-bond donors (Lipinski definition) is 1. The molecule has 0 spiro atoms. The molecular weight excluding hydrogens is 180 g/mol. The molecule has 0 radical (unpaired) electrons. The Morgan fingerprint density at radius 3 is 2.75 bits per heavy atom. The fourth-order valence-electron chi connectivity index (χ4n) is 0.788. The summed E-state index contributed by atoms with van der Waals surface area (Å²) in [7, 11) is -1.88. The highest BCUT2D eigenvalue weighted by Crippen LogP contribution is 2.02. The summed E-state index contributed by atoms with van der Waals surface area (Å²) in [6, 6.07) is 0. The topological polar surface area (TPSA) is 76.9 Å². The highest BCUT2D eigenvalue weighted by Gasteiger charge is 2.16. The molecule has 1 aromatic heterocycles. The van der Waals surface area contributed by atoms with Crippen molar-refractivity contribution >= 4 is 10.0 Å². The standard InChI is InChI=1S/C5H10N4O2S/c1-3-7-12(10,11)5-4-6-8-9(5)2/h4,7H,3H2,1-2H3. The summed E-state index contributed by atoms with van der Waals surface area (Å²) in [4.78, 5) is 0. The van der Waals surface area contributed by atoms with Crippen LogP contribution in [-0.4, -0.2) is 30.0 Å². The Bertz CT molecular complexity index is 355. The summed E-state index contributed by atoms with van der Waals surface area (Å²) in [5.41, 5.74) is 0. The van der Waals surface area contributed by atoms with Crippen LogP contribution in [0.5, 0.6) is 0 Å². The quantitative estimate of drug-likeness (QED) is 0.671. The summed E-state index contributed by atoms with van der Waals surface area (Å²) in [6.45, 7) is 2.06. The van der Waals surface area contributed by atoms with Crippen LogP contribution in [-0.2, 0) is 17.1 Å². The largest absolute Gasteiger partial charge is 0.259 e. The molecule has 1 heterocycles.